The third-order valence-corrected chi connectivity index (χ3v) is 8.77. The lowest BCUT2D eigenvalue weighted by atomic mass is 10.1. The van der Waals surface area contributed by atoms with Gasteiger partial charge >= 0.3 is 5.69 Å². The van der Waals surface area contributed by atoms with Gasteiger partial charge in [0.1, 0.15) is 0 Å². The summed E-state index contributed by atoms with van der Waals surface area (Å²) in [6, 6.07) is 5.03. The number of carbonyl (C=O) groups is 2. The molecular formula is C27H30N6O6S. The molecule has 2 fully saturated rings. The lowest BCUT2D eigenvalue weighted by Gasteiger charge is -2.10. The van der Waals surface area contributed by atoms with Gasteiger partial charge in [0.2, 0.25) is 26.8 Å². The minimum absolute atomic E-state index is 0.0114. The first kappa shape index (κ1) is 27.4. The number of nitrogens with zero attached hydrogens (tertiary/aromatic N) is 4. The van der Waals surface area contributed by atoms with Gasteiger partial charge in [0.05, 0.1) is 12.3 Å². The Morgan fingerprint density at radius 3 is 2.08 bits per heavy atom. The Morgan fingerprint density at radius 2 is 1.55 bits per heavy atom. The van der Waals surface area contributed by atoms with Crippen LogP contribution in [-0.4, -0.2) is 44.7 Å². The number of hydrogen-bond acceptors (Lipinski definition) is 7. The van der Waals surface area contributed by atoms with Crippen LogP contribution in [-0.2, 0) is 40.1 Å². The lowest BCUT2D eigenvalue weighted by molar-refractivity contribution is -0.118. The minimum Gasteiger partial charge on any atom is -0.326 e. The largest absolute Gasteiger partial charge is 0.333 e. The monoisotopic (exact) mass is 566 g/mol. The highest BCUT2D eigenvalue weighted by atomic mass is 32.2. The summed E-state index contributed by atoms with van der Waals surface area (Å²) in [5.41, 5.74) is 0.0373. The second kappa shape index (κ2) is 10.4. The van der Waals surface area contributed by atoms with E-state index in [4.69, 9.17) is 0 Å². The molecule has 0 unspecified atom stereocenters. The Kier molecular flexibility index (Phi) is 7.14. The lowest BCUT2D eigenvalue weighted by Crippen LogP contribution is -2.38. The van der Waals surface area contributed by atoms with Crippen molar-refractivity contribution in [3.8, 4) is 11.8 Å². The average molecular weight is 567 g/mol. The average Bonchev–Trinajstić information content (AvgIpc) is 3.81. The van der Waals surface area contributed by atoms with Crippen LogP contribution in [0.4, 0.5) is 11.4 Å². The molecule has 0 aliphatic heterocycles. The van der Waals surface area contributed by atoms with E-state index >= 15 is 0 Å². The predicted molar refractivity (Wildman–Crippen MR) is 149 cm³/mol. The van der Waals surface area contributed by atoms with Gasteiger partial charge < -0.3 is 15.2 Å². The zero-order chi connectivity index (χ0) is 28.8. The fourth-order valence-corrected chi connectivity index (χ4v) is 5.89. The summed E-state index contributed by atoms with van der Waals surface area (Å²) in [5.74, 6) is 5.50. The standard InChI is InChI=1S/C27H30N6O6S/c1-4-12-40(38,39)26-30-22-21(31(26)2)25(36)32(3)27(37)33(22)11-5-6-16-13-19(28-23(34)17-7-8-17)15-20(14-16)29-24(35)18-9-10-18/h13-15,17-18H,4,7-12H2,1-3H3,(H,28,34)(H,29,35). The molecule has 210 valence electrons. The van der Waals surface area contributed by atoms with Gasteiger partial charge in [-0.3, -0.25) is 23.5 Å². The third-order valence-electron chi connectivity index (χ3n) is 6.90. The molecule has 2 saturated carbocycles. The number of amides is 2. The van der Waals surface area contributed by atoms with Crippen LogP contribution in [0.1, 0.15) is 44.6 Å². The van der Waals surface area contributed by atoms with Crippen LogP contribution in [0.2, 0.25) is 0 Å². The first-order valence-corrected chi connectivity index (χ1v) is 14.8. The van der Waals surface area contributed by atoms with Gasteiger partial charge in [-0.05, 0) is 50.3 Å². The fourth-order valence-electron chi connectivity index (χ4n) is 4.43. The molecule has 2 N–H and O–H groups in total. The molecule has 0 radical (unpaired) electrons. The van der Waals surface area contributed by atoms with E-state index in [9.17, 15) is 27.6 Å². The van der Waals surface area contributed by atoms with Gasteiger partial charge in [0, 0.05) is 42.9 Å². The van der Waals surface area contributed by atoms with E-state index < -0.39 is 21.1 Å². The molecule has 1 aromatic carbocycles. The van der Waals surface area contributed by atoms with Gasteiger partial charge in [-0.1, -0.05) is 18.8 Å². The summed E-state index contributed by atoms with van der Waals surface area (Å²) < 4.78 is 28.8. The van der Waals surface area contributed by atoms with E-state index in [0.717, 1.165) is 34.8 Å². The normalized spacial score (nSPS) is 15.0. The summed E-state index contributed by atoms with van der Waals surface area (Å²) in [6.45, 7) is 1.54. The number of aromatic nitrogens is 4. The van der Waals surface area contributed by atoms with Crippen LogP contribution >= 0.6 is 0 Å². The molecule has 40 heavy (non-hydrogen) atoms. The summed E-state index contributed by atoms with van der Waals surface area (Å²) in [7, 11) is -1.04. The molecule has 0 bridgehead atoms. The van der Waals surface area contributed by atoms with Crippen molar-refractivity contribution in [2.75, 3.05) is 16.4 Å². The number of nitrogens with one attached hydrogen (secondary N) is 2. The van der Waals surface area contributed by atoms with Crippen molar-refractivity contribution in [1.82, 2.24) is 18.7 Å². The smallest absolute Gasteiger partial charge is 0.326 e. The maximum Gasteiger partial charge on any atom is 0.333 e. The molecule has 13 heteroatoms. The predicted octanol–water partition coefficient (Wildman–Crippen LogP) is 1.37. The molecule has 2 aliphatic rings. The second-order valence-corrected chi connectivity index (χ2v) is 12.3. The molecular weight excluding hydrogens is 536 g/mol. The summed E-state index contributed by atoms with van der Waals surface area (Å²) in [6.07, 6.45) is 3.73. The highest BCUT2D eigenvalue weighted by molar-refractivity contribution is 7.91. The van der Waals surface area contributed by atoms with Gasteiger partial charge in [-0.2, -0.15) is 4.98 Å². The molecule has 0 saturated heterocycles. The van der Waals surface area contributed by atoms with E-state index in [1.165, 1.54) is 18.7 Å². The molecule has 2 heterocycles. The quantitative estimate of drug-likeness (QED) is 0.390. The Labute approximate surface area is 230 Å². The molecule has 2 aromatic heterocycles. The number of benzene rings is 1. The third kappa shape index (κ3) is 5.44. The number of carbonyl (C=O) groups excluding carboxylic acids is 2. The Balaban J connectivity index is 1.51. The molecule has 2 amide bonds. The summed E-state index contributed by atoms with van der Waals surface area (Å²) in [4.78, 5) is 54.7. The molecule has 12 nitrogen and oxygen atoms in total. The maximum absolute atomic E-state index is 13.0. The maximum atomic E-state index is 13.0. The van der Waals surface area contributed by atoms with Crippen molar-refractivity contribution < 1.29 is 18.0 Å². The van der Waals surface area contributed by atoms with Crippen molar-refractivity contribution in [3.05, 3.63) is 44.6 Å². The van der Waals surface area contributed by atoms with Gasteiger partial charge in [0.25, 0.3) is 5.56 Å². The van der Waals surface area contributed by atoms with Crippen molar-refractivity contribution in [3.63, 3.8) is 0 Å². The zero-order valence-electron chi connectivity index (χ0n) is 22.5. The molecule has 2 aliphatic carbocycles. The Bertz CT molecular complexity index is 1790. The van der Waals surface area contributed by atoms with Crippen molar-refractivity contribution in [2.45, 2.75) is 50.7 Å². The van der Waals surface area contributed by atoms with E-state index in [2.05, 4.69) is 27.5 Å². The highest BCUT2D eigenvalue weighted by Crippen LogP contribution is 2.32. The number of rotatable bonds is 8. The van der Waals surface area contributed by atoms with Crippen LogP contribution in [0.3, 0.4) is 0 Å². The molecule has 0 atom stereocenters. The first-order valence-electron chi connectivity index (χ1n) is 13.1. The van der Waals surface area contributed by atoms with Gasteiger partial charge in [-0.25, -0.2) is 13.2 Å². The second-order valence-electron chi connectivity index (χ2n) is 10.3. The first-order chi connectivity index (χ1) is 19.0. The summed E-state index contributed by atoms with van der Waals surface area (Å²) in [5, 5.41) is 5.45. The van der Waals surface area contributed by atoms with Crippen LogP contribution in [0.25, 0.3) is 11.2 Å². The van der Waals surface area contributed by atoms with Crippen molar-refractivity contribution in [1.29, 1.82) is 0 Å². The molecule has 5 rings (SSSR count). The Morgan fingerprint density at radius 1 is 0.975 bits per heavy atom. The van der Waals surface area contributed by atoms with Crippen LogP contribution in [0.5, 0.6) is 0 Å². The number of fused-ring (bicyclic) bond motifs is 1. The number of anilines is 2. The van der Waals surface area contributed by atoms with Crippen LogP contribution in [0.15, 0.2) is 32.9 Å². The van der Waals surface area contributed by atoms with Gasteiger partial charge in [0.15, 0.2) is 11.2 Å². The van der Waals surface area contributed by atoms with E-state index in [1.54, 1.807) is 25.1 Å². The van der Waals surface area contributed by atoms with E-state index in [1.807, 2.05) is 0 Å². The summed E-state index contributed by atoms with van der Waals surface area (Å²) >= 11 is 0. The Hall–Kier alpha value is -4.18. The topological polar surface area (TPSA) is 154 Å². The zero-order valence-corrected chi connectivity index (χ0v) is 23.3. The van der Waals surface area contributed by atoms with Gasteiger partial charge in [-0.15, -0.1) is 0 Å². The number of aryl methyl sites for hydroxylation is 1. The highest BCUT2D eigenvalue weighted by Gasteiger charge is 2.31. The van der Waals surface area contributed by atoms with Crippen LogP contribution in [0, 0.1) is 23.7 Å². The number of imidazole rings is 1. The molecule has 3 aromatic rings. The number of hydrogen-bond donors (Lipinski definition) is 2. The fraction of sp³-hybridized carbons (Fsp3) is 0.444. The SMILES string of the molecule is CCCS(=O)(=O)c1nc2c(c(=O)n(C)c(=O)n2CC#Cc2cc(NC(=O)C3CC3)cc(NC(=O)C3CC3)c2)n1C. The van der Waals surface area contributed by atoms with Crippen LogP contribution < -0.4 is 21.9 Å². The van der Waals surface area contributed by atoms with Crippen molar-refractivity contribution in [2.24, 2.45) is 25.9 Å². The number of sulfone groups is 1. The molecule has 0 spiro atoms. The van der Waals surface area contributed by atoms with E-state index in [0.29, 0.717) is 23.4 Å². The van der Waals surface area contributed by atoms with E-state index in [-0.39, 0.29) is 52.3 Å². The minimum atomic E-state index is -3.78. The van der Waals surface area contributed by atoms with Crippen molar-refractivity contribution >= 4 is 44.2 Å².